The number of hydrogen-bond acceptors (Lipinski definition) is 3. The van der Waals surface area contributed by atoms with Crippen LogP contribution in [0.15, 0.2) is 12.1 Å². The summed E-state index contributed by atoms with van der Waals surface area (Å²) >= 11 is 5.73. The molecule has 3 N–H and O–H groups in total. The van der Waals surface area contributed by atoms with Gasteiger partial charge >= 0.3 is 0 Å². The molecule has 0 aliphatic carbocycles. The van der Waals surface area contributed by atoms with Crippen LogP contribution in [0.3, 0.4) is 0 Å². The van der Waals surface area contributed by atoms with Crippen molar-refractivity contribution < 1.29 is 4.39 Å². The number of nitrogen functional groups attached to an aromatic ring is 1. The Morgan fingerprint density at radius 3 is 3.00 bits per heavy atom. The molecule has 1 atom stereocenters. The number of nitrogens with two attached hydrogens (primary N) is 1. The third-order valence-corrected chi connectivity index (χ3v) is 3.45. The van der Waals surface area contributed by atoms with Crippen molar-refractivity contribution in [2.45, 2.75) is 6.42 Å². The van der Waals surface area contributed by atoms with Crippen molar-refractivity contribution in [1.29, 1.82) is 0 Å². The molecule has 1 aromatic carbocycles. The van der Waals surface area contributed by atoms with E-state index in [0.29, 0.717) is 17.3 Å². The molecular weight excluding hydrogens is 241 g/mol. The standard InChI is InChI=1S/C12H17ClFN3/c1-17-3-2-8(7-17)6-16-12-4-9(13)10(14)5-11(12)15/h4-5,8,16H,2-3,6-7,15H2,1H3. The number of rotatable bonds is 3. The molecule has 1 aliphatic heterocycles. The molecule has 2 rings (SSSR count). The van der Waals surface area contributed by atoms with Gasteiger partial charge in [-0.2, -0.15) is 0 Å². The Hall–Kier alpha value is -1.00. The molecule has 1 unspecified atom stereocenters. The zero-order valence-corrected chi connectivity index (χ0v) is 10.6. The number of likely N-dealkylation sites (tertiary alicyclic amines) is 1. The number of hydrogen-bond donors (Lipinski definition) is 2. The van der Waals surface area contributed by atoms with E-state index < -0.39 is 5.82 Å². The second-order valence-electron chi connectivity index (χ2n) is 4.65. The third kappa shape index (κ3) is 3.01. The molecular formula is C12H17ClFN3. The van der Waals surface area contributed by atoms with Crippen LogP contribution in [-0.4, -0.2) is 31.6 Å². The van der Waals surface area contributed by atoms with E-state index in [0.717, 1.165) is 19.6 Å². The van der Waals surface area contributed by atoms with Gasteiger partial charge in [0.15, 0.2) is 0 Å². The first kappa shape index (κ1) is 12.5. The van der Waals surface area contributed by atoms with Crippen molar-refractivity contribution in [3.63, 3.8) is 0 Å². The highest BCUT2D eigenvalue weighted by atomic mass is 35.5. The average Bonchev–Trinajstić information content (AvgIpc) is 2.68. The summed E-state index contributed by atoms with van der Waals surface area (Å²) in [6.07, 6.45) is 1.18. The maximum Gasteiger partial charge on any atom is 0.143 e. The summed E-state index contributed by atoms with van der Waals surface area (Å²) in [5.41, 5.74) is 6.85. The van der Waals surface area contributed by atoms with Crippen molar-refractivity contribution >= 4 is 23.0 Å². The molecule has 1 fully saturated rings. The Labute approximate surface area is 106 Å². The van der Waals surface area contributed by atoms with Crippen molar-refractivity contribution in [1.82, 2.24) is 4.90 Å². The summed E-state index contributed by atoms with van der Waals surface area (Å²) in [6.45, 7) is 3.06. The number of benzene rings is 1. The number of nitrogens with one attached hydrogen (secondary N) is 1. The molecule has 1 aromatic rings. The second kappa shape index (κ2) is 5.10. The summed E-state index contributed by atoms with van der Waals surface area (Å²) in [5.74, 6) is 0.138. The lowest BCUT2D eigenvalue weighted by Gasteiger charge is -2.14. The predicted molar refractivity (Wildman–Crippen MR) is 69.9 cm³/mol. The van der Waals surface area contributed by atoms with Crippen LogP contribution >= 0.6 is 11.6 Å². The van der Waals surface area contributed by atoms with E-state index in [2.05, 4.69) is 17.3 Å². The van der Waals surface area contributed by atoms with Gasteiger partial charge in [0.05, 0.1) is 16.4 Å². The van der Waals surface area contributed by atoms with Crippen molar-refractivity contribution in [2.24, 2.45) is 5.92 Å². The molecule has 1 saturated heterocycles. The minimum atomic E-state index is -0.477. The first-order valence-electron chi connectivity index (χ1n) is 5.73. The van der Waals surface area contributed by atoms with Gasteiger partial charge in [-0.3, -0.25) is 0 Å². The molecule has 0 aromatic heterocycles. The van der Waals surface area contributed by atoms with Crippen LogP contribution in [0.5, 0.6) is 0 Å². The Balaban J connectivity index is 1.97. The normalized spacial score (nSPS) is 20.8. The van der Waals surface area contributed by atoms with Gasteiger partial charge < -0.3 is 16.0 Å². The maximum atomic E-state index is 13.1. The van der Waals surface area contributed by atoms with Crippen molar-refractivity contribution in [3.8, 4) is 0 Å². The van der Waals surface area contributed by atoms with Gasteiger partial charge in [0.2, 0.25) is 0 Å². The number of halogens is 2. The van der Waals surface area contributed by atoms with E-state index in [-0.39, 0.29) is 5.02 Å². The van der Waals surface area contributed by atoms with Gasteiger partial charge in [-0.1, -0.05) is 11.6 Å². The zero-order chi connectivity index (χ0) is 12.4. The molecule has 1 heterocycles. The highest BCUT2D eigenvalue weighted by molar-refractivity contribution is 6.31. The van der Waals surface area contributed by atoms with Crippen molar-refractivity contribution in [3.05, 3.63) is 23.0 Å². The van der Waals surface area contributed by atoms with Crippen LogP contribution in [0.4, 0.5) is 15.8 Å². The van der Waals surface area contributed by atoms with E-state index >= 15 is 0 Å². The third-order valence-electron chi connectivity index (χ3n) is 3.16. The van der Waals surface area contributed by atoms with Crippen LogP contribution in [0.1, 0.15) is 6.42 Å². The fourth-order valence-electron chi connectivity index (χ4n) is 2.16. The Kier molecular flexibility index (Phi) is 3.74. The molecule has 0 radical (unpaired) electrons. The van der Waals surface area contributed by atoms with E-state index in [1.54, 1.807) is 6.07 Å². The fourth-order valence-corrected chi connectivity index (χ4v) is 2.33. The van der Waals surface area contributed by atoms with Gasteiger partial charge in [0.25, 0.3) is 0 Å². The minimum absolute atomic E-state index is 0.102. The van der Waals surface area contributed by atoms with Crippen LogP contribution < -0.4 is 11.1 Å². The van der Waals surface area contributed by atoms with Gasteiger partial charge in [-0.15, -0.1) is 0 Å². The second-order valence-corrected chi connectivity index (χ2v) is 5.06. The largest absolute Gasteiger partial charge is 0.397 e. The molecule has 0 amide bonds. The lowest BCUT2D eigenvalue weighted by molar-refractivity contribution is 0.399. The Morgan fingerprint density at radius 2 is 2.35 bits per heavy atom. The lowest BCUT2D eigenvalue weighted by Crippen LogP contribution is -2.19. The Bertz CT molecular complexity index is 411. The first-order valence-corrected chi connectivity index (χ1v) is 6.11. The molecule has 5 heteroatoms. The smallest absolute Gasteiger partial charge is 0.143 e. The van der Waals surface area contributed by atoms with Gasteiger partial charge in [0, 0.05) is 19.2 Å². The Morgan fingerprint density at radius 1 is 1.59 bits per heavy atom. The highest BCUT2D eigenvalue weighted by Crippen LogP contribution is 2.27. The monoisotopic (exact) mass is 257 g/mol. The quantitative estimate of drug-likeness (QED) is 0.818. The van der Waals surface area contributed by atoms with E-state index in [4.69, 9.17) is 17.3 Å². The number of nitrogens with zero attached hydrogens (tertiary/aromatic N) is 1. The summed E-state index contributed by atoms with van der Waals surface area (Å²) in [4.78, 5) is 2.30. The predicted octanol–water partition coefficient (Wildman–Crippen LogP) is 2.42. The van der Waals surface area contributed by atoms with Crippen LogP contribution in [0.25, 0.3) is 0 Å². The highest BCUT2D eigenvalue weighted by Gasteiger charge is 2.19. The lowest BCUT2D eigenvalue weighted by atomic mass is 10.1. The van der Waals surface area contributed by atoms with Crippen LogP contribution in [-0.2, 0) is 0 Å². The molecule has 0 saturated carbocycles. The topological polar surface area (TPSA) is 41.3 Å². The fraction of sp³-hybridized carbons (Fsp3) is 0.500. The molecule has 0 bridgehead atoms. The zero-order valence-electron chi connectivity index (χ0n) is 9.84. The molecule has 1 aliphatic rings. The molecule has 17 heavy (non-hydrogen) atoms. The molecule has 0 spiro atoms. The minimum Gasteiger partial charge on any atom is -0.397 e. The number of anilines is 2. The van der Waals surface area contributed by atoms with E-state index in [9.17, 15) is 4.39 Å². The summed E-state index contributed by atoms with van der Waals surface area (Å²) in [6, 6.07) is 2.80. The van der Waals surface area contributed by atoms with Gasteiger partial charge in [-0.25, -0.2) is 4.39 Å². The van der Waals surface area contributed by atoms with Gasteiger partial charge in [-0.05, 0) is 32.0 Å². The van der Waals surface area contributed by atoms with Crippen LogP contribution in [0.2, 0.25) is 5.02 Å². The maximum absolute atomic E-state index is 13.1. The molecule has 94 valence electrons. The summed E-state index contributed by atoms with van der Waals surface area (Å²) < 4.78 is 13.1. The first-order chi connectivity index (χ1) is 8.06. The van der Waals surface area contributed by atoms with E-state index in [1.165, 1.54) is 12.5 Å². The van der Waals surface area contributed by atoms with Crippen molar-refractivity contribution in [2.75, 3.05) is 37.7 Å². The summed E-state index contributed by atoms with van der Waals surface area (Å²) in [5, 5.41) is 3.34. The summed E-state index contributed by atoms with van der Waals surface area (Å²) in [7, 11) is 2.11. The molecule has 3 nitrogen and oxygen atoms in total. The van der Waals surface area contributed by atoms with Gasteiger partial charge in [0.1, 0.15) is 5.82 Å². The average molecular weight is 258 g/mol. The SMILES string of the molecule is CN1CCC(CNc2cc(Cl)c(F)cc2N)C1. The van der Waals surface area contributed by atoms with Crippen LogP contribution in [0, 0.1) is 11.7 Å². The van der Waals surface area contributed by atoms with E-state index in [1.807, 2.05) is 0 Å².